The molecule has 2 rings (SSSR count). The molecular formula is C17H15FN2O. The SMILES string of the molecule is Cc1nc(C(C)C)c(C=O)c(-c2ccc(F)cc2)c1C#N. The predicted octanol–water partition coefficient (Wildman–Crippen LogP) is 4.00. The van der Waals surface area contributed by atoms with E-state index in [0.29, 0.717) is 33.6 Å². The van der Waals surface area contributed by atoms with Gasteiger partial charge in [0, 0.05) is 11.1 Å². The molecule has 1 aromatic carbocycles. The van der Waals surface area contributed by atoms with Crippen molar-refractivity contribution in [2.75, 3.05) is 0 Å². The predicted molar refractivity (Wildman–Crippen MR) is 78.6 cm³/mol. The van der Waals surface area contributed by atoms with Gasteiger partial charge in [-0.25, -0.2) is 4.39 Å². The summed E-state index contributed by atoms with van der Waals surface area (Å²) in [5.74, 6) is -0.310. The third-order valence-electron chi connectivity index (χ3n) is 3.35. The maximum atomic E-state index is 13.1. The maximum Gasteiger partial charge on any atom is 0.152 e. The summed E-state index contributed by atoms with van der Waals surface area (Å²) < 4.78 is 13.1. The van der Waals surface area contributed by atoms with E-state index in [2.05, 4.69) is 11.1 Å². The van der Waals surface area contributed by atoms with Crippen LogP contribution in [0.1, 0.15) is 47.1 Å². The fraction of sp³-hybridized carbons (Fsp3) is 0.235. The number of halogens is 1. The van der Waals surface area contributed by atoms with Gasteiger partial charge in [-0.3, -0.25) is 9.78 Å². The Balaban J connectivity index is 2.87. The molecule has 1 heterocycles. The van der Waals surface area contributed by atoms with Crippen LogP contribution < -0.4 is 0 Å². The number of aryl methyl sites for hydroxylation is 1. The average molecular weight is 282 g/mol. The Morgan fingerprint density at radius 2 is 1.90 bits per heavy atom. The molecule has 0 amide bonds. The second kappa shape index (κ2) is 5.84. The zero-order valence-electron chi connectivity index (χ0n) is 12.1. The van der Waals surface area contributed by atoms with Gasteiger partial charge in [-0.1, -0.05) is 26.0 Å². The number of hydrogen-bond acceptors (Lipinski definition) is 3. The van der Waals surface area contributed by atoms with Crippen molar-refractivity contribution in [3.8, 4) is 17.2 Å². The minimum Gasteiger partial charge on any atom is -0.298 e. The molecule has 0 saturated carbocycles. The third kappa shape index (κ3) is 2.68. The van der Waals surface area contributed by atoms with Crippen molar-refractivity contribution in [1.82, 2.24) is 4.98 Å². The molecule has 0 N–H and O–H groups in total. The lowest BCUT2D eigenvalue weighted by atomic mass is 9.90. The smallest absolute Gasteiger partial charge is 0.152 e. The molecular weight excluding hydrogens is 267 g/mol. The highest BCUT2D eigenvalue weighted by molar-refractivity contribution is 5.92. The summed E-state index contributed by atoms with van der Waals surface area (Å²) in [6.45, 7) is 5.62. The van der Waals surface area contributed by atoms with E-state index < -0.39 is 0 Å². The van der Waals surface area contributed by atoms with E-state index in [9.17, 15) is 14.4 Å². The molecule has 4 heteroatoms. The summed E-state index contributed by atoms with van der Waals surface area (Å²) in [6.07, 6.45) is 0.724. The van der Waals surface area contributed by atoms with Crippen LogP contribution >= 0.6 is 0 Å². The molecule has 0 saturated heterocycles. The van der Waals surface area contributed by atoms with Crippen LogP contribution in [0.3, 0.4) is 0 Å². The van der Waals surface area contributed by atoms with E-state index in [1.54, 1.807) is 19.1 Å². The van der Waals surface area contributed by atoms with E-state index in [1.165, 1.54) is 12.1 Å². The average Bonchev–Trinajstić information content (AvgIpc) is 2.46. The van der Waals surface area contributed by atoms with Crippen LogP contribution in [0.25, 0.3) is 11.1 Å². The zero-order chi connectivity index (χ0) is 15.6. The van der Waals surface area contributed by atoms with Crippen LogP contribution in [0.2, 0.25) is 0 Å². The van der Waals surface area contributed by atoms with Crippen LogP contribution in [0.4, 0.5) is 4.39 Å². The van der Waals surface area contributed by atoms with Gasteiger partial charge in [0.2, 0.25) is 0 Å². The van der Waals surface area contributed by atoms with Crippen LogP contribution in [0, 0.1) is 24.1 Å². The quantitative estimate of drug-likeness (QED) is 0.799. The zero-order valence-corrected chi connectivity index (χ0v) is 12.1. The summed E-state index contributed by atoms with van der Waals surface area (Å²) in [5, 5.41) is 9.38. The first-order chi connectivity index (χ1) is 9.99. The van der Waals surface area contributed by atoms with Gasteiger partial charge in [-0.05, 0) is 30.5 Å². The summed E-state index contributed by atoms with van der Waals surface area (Å²) in [5.41, 5.74) is 3.16. The van der Waals surface area contributed by atoms with Crippen molar-refractivity contribution in [1.29, 1.82) is 5.26 Å². The Hall–Kier alpha value is -2.54. The largest absolute Gasteiger partial charge is 0.298 e. The van der Waals surface area contributed by atoms with E-state index in [4.69, 9.17) is 0 Å². The molecule has 0 aliphatic rings. The lowest BCUT2D eigenvalue weighted by Gasteiger charge is -2.16. The lowest BCUT2D eigenvalue weighted by molar-refractivity contribution is 0.112. The third-order valence-corrected chi connectivity index (χ3v) is 3.35. The number of nitriles is 1. The van der Waals surface area contributed by atoms with E-state index in [1.807, 2.05) is 13.8 Å². The van der Waals surface area contributed by atoms with Crippen molar-refractivity contribution in [3.05, 3.63) is 52.6 Å². The molecule has 0 spiro atoms. The van der Waals surface area contributed by atoms with E-state index in [-0.39, 0.29) is 11.7 Å². The number of carbonyl (C=O) groups is 1. The van der Waals surface area contributed by atoms with Crippen LogP contribution in [-0.4, -0.2) is 11.3 Å². The minimum atomic E-state index is -0.361. The number of rotatable bonds is 3. The van der Waals surface area contributed by atoms with Crippen molar-refractivity contribution >= 4 is 6.29 Å². The van der Waals surface area contributed by atoms with Crippen molar-refractivity contribution < 1.29 is 9.18 Å². The molecule has 3 nitrogen and oxygen atoms in total. The minimum absolute atomic E-state index is 0.0517. The van der Waals surface area contributed by atoms with Gasteiger partial charge in [0.1, 0.15) is 11.9 Å². The summed E-state index contributed by atoms with van der Waals surface area (Å²) in [4.78, 5) is 15.9. The van der Waals surface area contributed by atoms with Gasteiger partial charge in [0.05, 0.1) is 17.0 Å². The first-order valence-electron chi connectivity index (χ1n) is 6.65. The van der Waals surface area contributed by atoms with E-state index in [0.717, 1.165) is 6.29 Å². The highest BCUT2D eigenvalue weighted by Crippen LogP contribution is 2.32. The number of carbonyl (C=O) groups excluding carboxylic acids is 1. The Kier molecular flexibility index (Phi) is 4.13. The van der Waals surface area contributed by atoms with Gasteiger partial charge in [0.25, 0.3) is 0 Å². The second-order valence-electron chi connectivity index (χ2n) is 5.14. The van der Waals surface area contributed by atoms with Gasteiger partial charge >= 0.3 is 0 Å². The summed E-state index contributed by atoms with van der Waals surface area (Å²) >= 11 is 0. The Morgan fingerprint density at radius 1 is 1.29 bits per heavy atom. The standard InChI is InChI=1S/C17H15FN2O/c1-10(2)17-15(9-21)16(14(8-19)11(3)20-17)12-4-6-13(18)7-5-12/h4-7,9-10H,1-3H3. The normalized spacial score (nSPS) is 10.5. The topological polar surface area (TPSA) is 53.8 Å². The fourth-order valence-electron chi connectivity index (χ4n) is 2.35. The van der Waals surface area contributed by atoms with Crippen LogP contribution in [0.15, 0.2) is 24.3 Å². The van der Waals surface area contributed by atoms with Gasteiger partial charge in [-0.15, -0.1) is 0 Å². The number of pyridine rings is 1. The molecule has 0 radical (unpaired) electrons. The van der Waals surface area contributed by atoms with Gasteiger partial charge in [0.15, 0.2) is 6.29 Å². The lowest BCUT2D eigenvalue weighted by Crippen LogP contribution is -2.07. The van der Waals surface area contributed by atoms with E-state index >= 15 is 0 Å². The Morgan fingerprint density at radius 3 is 2.38 bits per heavy atom. The first-order valence-corrected chi connectivity index (χ1v) is 6.65. The molecule has 0 bridgehead atoms. The molecule has 0 aliphatic carbocycles. The summed E-state index contributed by atoms with van der Waals surface area (Å²) in [6, 6.07) is 7.88. The van der Waals surface area contributed by atoms with Crippen molar-refractivity contribution in [3.63, 3.8) is 0 Å². The summed E-state index contributed by atoms with van der Waals surface area (Å²) in [7, 11) is 0. The van der Waals surface area contributed by atoms with Crippen molar-refractivity contribution in [2.24, 2.45) is 0 Å². The molecule has 0 unspecified atom stereocenters. The maximum absolute atomic E-state index is 13.1. The number of nitrogens with zero attached hydrogens (tertiary/aromatic N) is 2. The fourth-order valence-corrected chi connectivity index (χ4v) is 2.35. The number of hydrogen-bond donors (Lipinski definition) is 0. The van der Waals surface area contributed by atoms with Gasteiger partial charge in [-0.2, -0.15) is 5.26 Å². The Bertz CT molecular complexity index is 728. The molecule has 21 heavy (non-hydrogen) atoms. The Labute approximate surface area is 123 Å². The molecule has 0 fully saturated rings. The van der Waals surface area contributed by atoms with Crippen LogP contribution in [-0.2, 0) is 0 Å². The van der Waals surface area contributed by atoms with Crippen molar-refractivity contribution in [2.45, 2.75) is 26.7 Å². The molecule has 2 aromatic rings. The second-order valence-corrected chi connectivity index (χ2v) is 5.14. The first kappa shape index (κ1) is 14.9. The highest BCUT2D eigenvalue weighted by Gasteiger charge is 2.20. The van der Waals surface area contributed by atoms with Crippen LogP contribution in [0.5, 0.6) is 0 Å². The molecule has 0 aliphatic heterocycles. The molecule has 0 atom stereocenters. The highest BCUT2D eigenvalue weighted by atomic mass is 19.1. The monoisotopic (exact) mass is 282 g/mol. The molecule has 1 aromatic heterocycles. The number of aldehydes is 1. The number of aromatic nitrogens is 1. The number of benzene rings is 1. The molecule has 106 valence electrons. The van der Waals surface area contributed by atoms with Gasteiger partial charge < -0.3 is 0 Å².